The van der Waals surface area contributed by atoms with Gasteiger partial charge in [-0.05, 0) is 20.8 Å². The van der Waals surface area contributed by atoms with Crippen LogP contribution in [0.25, 0.3) is 0 Å². The summed E-state index contributed by atoms with van der Waals surface area (Å²) < 4.78 is 0.0243. The zero-order valence-electron chi connectivity index (χ0n) is 11.7. The van der Waals surface area contributed by atoms with Gasteiger partial charge in [-0.3, -0.25) is 0 Å². The molecule has 0 rings (SSSR count). The second-order valence-corrected chi connectivity index (χ2v) is 5.98. The van der Waals surface area contributed by atoms with Crippen LogP contribution in [-0.2, 0) is 9.59 Å². The van der Waals surface area contributed by atoms with Crippen molar-refractivity contribution in [3.8, 4) is 0 Å². The van der Waals surface area contributed by atoms with Crippen molar-refractivity contribution in [3.05, 3.63) is 0 Å². The average molecular weight is 261 g/mol. The van der Waals surface area contributed by atoms with Crippen LogP contribution in [-0.4, -0.2) is 65.4 Å². The summed E-state index contributed by atoms with van der Waals surface area (Å²) in [4.78, 5) is 21.5. The Bertz CT molecular complexity index is 281. The zero-order chi connectivity index (χ0) is 14.4. The number of rotatable bonds is 8. The maximum absolute atomic E-state index is 10.8. The van der Waals surface area contributed by atoms with E-state index in [1.165, 1.54) is 0 Å². The number of likely N-dealkylation sites (N-methyl/N-ethyl adjacent to an activating group) is 1. The topological polar surface area (TPSA) is 86.6 Å². The molecule has 0 atom stereocenters. The summed E-state index contributed by atoms with van der Waals surface area (Å²) in [5.41, 5.74) is 0.0169. The second kappa shape index (κ2) is 6.70. The molecule has 6 heteroatoms. The molecule has 0 bridgehead atoms. The molecule has 0 aliphatic rings. The van der Waals surface area contributed by atoms with E-state index in [1.54, 1.807) is 7.05 Å². The minimum absolute atomic E-state index is 0.0169. The summed E-state index contributed by atoms with van der Waals surface area (Å²) >= 11 is 0. The number of carboxylic acids is 2. The van der Waals surface area contributed by atoms with Gasteiger partial charge in [0.15, 0.2) is 13.1 Å². The predicted octanol–water partition coefficient (Wildman–Crippen LogP) is 0.380. The molecule has 0 radical (unpaired) electrons. The van der Waals surface area contributed by atoms with Gasteiger partial charge >= 0.3 is 11.9 Å². The van der Waals surface area contributed by atoms with Crippen molar-refractivity contribution in [2.75, 3.05) is 33.2 Å². The quantitative estimate of drug-likeness (QED) is 0.434. The fourth-order valence-corrected chi connectivity index (χ4v) is 1.79. The first kappa shape index (κ1) is 16.9. The van der Waals surface area contributed by atoms with E-state index in [4.69, 9.17) is 10.2 Å². The van der Waals surface area contributed by atoms with Crippen molar-refractivity contribution in [2.24, 2.45) is 0 Å². The number of carboxylic acid groups (broad SMARTS) is 2. The molecule has 0 aliphatic carbocycles. The van der Waals surface area contributed by atoms with E-state index in [0.717, 1.165) is 13.0 Å². The first-order valence-electron chi connectivity index (χ1n) is 6.06. The summed E-state index contributed by atoms with van der Waals surface area (Å²) in [6.07, 6.45) is 0.744. The van der Waals surface area contributed by atoms with E-state index in [0.29, 0.717) is 6.54 Å². The smallest absolute Gasteiger partial charge is 0.359 e. The van der Waals surface area contributed by atoms with Crippen LogP contribution >= 0.6 is 0 Å². The van der Waals surface area contributed by atoms with Gasteiger partial charge in [-0.2, -0.15) is 0 Å². The molecule has 0 aliphatic heterocycles. The van der Waals surface area contributed by atoms with E-state index in [-0.39, 0.29) is 23.1 Å². The maximum Gasteiger partial charge on any atom is 0.359 e. The fraction of sp³-hybridized carbons (Fsp3) is 0.833. The lowest BCUT2D eigenvalue weighted by molar-refractivity contribution is -0.895. The van der Waals surface area contributed by atoms with E-state index in [9.17, 15) is 9.59 Å². The molecular weight excluding hydrogens is 236 g/mol. The number of carbonyl (C=O) groups is 2. The minimum Gasteiger partial charge on any atom is -0.477 e. The summed E-state index contributed by atoms with van der Waals surface area (Å²) in [5, 5.41) is 20.9. The molecule has 0 amide bonds. The fourth-order valence-electron chi connectivity index (χ4n) is 1.79. The molecule has 18 heavy (non-hydrogen) atoms. The first-order chi connectivity index (χ1) is 8.04. The van der Waals surface area contributed by atoms with Gasteiger partial charge in [-0.25, -0.2) is 9.59 Å². The highest BCUT2D eigenvalue weighted by Gasteiger charge is 2.28. The van der Waals surface area contributed by atoms with Crippen LogP contribution in [0.1, 0.15) is 27.2 Å². The molecule has 0 fully saturated rings. The molecule has 0 aromatic carbocycles. The normalized spacial score (nSPS) is 12.4. The van der Waals surface area contributed by atoms with Gasteiger partial charge in [0.25, 0.3) is 0 Å². The third-order valence-electron chi connectivity index (χ3n) is 2.56. The number of hydrogen-bond donors (Lipinski definition) is 3. The molecule has 0 saturated heterocycles. The Morgan fingerprint density at radius 1 is 1.11 bits per heavy atom. The standard InChI is InChI=1S/C12H24N2O4/c1-12(2,3)13-6-5-7-14(4,8-10(15)16)9-11(17)18/h13H,5-9H2,1-4H3,(H-,15,16,17,18)/p+1. The molecule has 0 spiro atoms. The highest BCUT2D eigenvalue weighted by atomic mass is 16.4. The number of nitrogens with zero attached hydrogens (tertiary/aromatic N) is 1. The van der Waals surface area contributed by atoms with Gasteiger partial charge in [-0.1, -0.05) is 0 Å². The van der Waals surface area contributed by atoms with Crippen molar-refractivity contribution in [1.29, 1.82) is 0 Å². The lowest BCUT2D eigenvalue weighted by Crippen LogP contribution is -2.52. The molecule has 0 unspecified atom stereocenters. The number of hydrogen-bond acceptors (Lipinski definition) is 3. The largest absolute Gasteiger partial charge is 0.477 e. The van der Waals surface area contributed by atoms with Gasteiger partial charge in [-0.15, -0.1) is 0 Å². The first-order valence-corrected chi connectivity index (χ1v) is 6.06. The van der Waals surface area contributed by atoms with Crippen LogP contribution in [0, 0.1) is 0 Å². The van der Waals surface area contributed by atoms with Gasteiger partial charge in [0.2, 0.25) is 0 Å². The Labute approximate surface area is 108 Å². The third kappa shape index (κ3) is 8.95. The van der Waals surface area contributed by atoms with Crippen molar-refractivity contribution >= 4 is 11.9 Å². The molecule has 106 valence electrons. The Hall–Kier alpha value is -1.14. The second-order valence-electron chi connectivity index (χ2n) is 5.98. The molecule has 6 nitrogen and oxygen atoms in total. The van der Waals surface area contributed by atoms with E-state index in [1.807, 2.05) is 0 Å². The van der Waals surface area contributed by atoms with E-state index < -0.39 is 11.9 Å². The number of aliphatic carboxylic acids is 2. The zero-order valence-corrected chi connectivity index (χ0v) is 11.7. The molecule has 3 N–H and O–H groups in total. The molecule has 0 aromatic heterocycles. The van der Waals surface area contributed by atoms with Gasteiger partial charge in [0.05, 0.1) is 13.6 Å². The van der Waals surface area contributed by atoms with Crippen molar-refractivity contribution in [2.45, 2.75) is 32.7 Å². The Kier molecular flexibility index (Phi) is 6.28. The third-order valence-corrected chi connectivity index (χ3v) is 2.56. The van der Waals surface area contributed by atoms with Crippen LogP contribution in [0.2, 0.25) is 0 Å². The van der Waals surface area contributed by atoms with Gasteiger partial charge < -0.3 is 20.0 Å². The van der Waals surface area contributed by atoms with E-state index in [2.05, 4.69) is 26.1 Å². The molecule has 0 aromatic rings. The van der Waals surface area contributed by atoms with Crippen LogP contribution in [0.3, 0.4) is 0 Å². The van der Waals surface area contributed by atoms with Crippen molar-refractivity contribution in [3.63, 3.8) is 0 Å². The van der Waals surface area contributed by atoms with Gasteiger partial charge in [0, 0.05) is 18.5 Å². The van der Waals surface area contributed by atoms with Crippen LogP contribution in [0.5, 0.6) is 0 Å². The SMILES string of the molecule is CC(C)(C)NCCC[N+](C)(CC(=O)O)CC(=O)O. The highest BCUT2D eigenvalue weighted by molar-refractivity contribution is 5.70. The predicted molar refractivity (Wildman–Crippen MR) is 68.4 cm³/mol. The van der Waals surface area contributed by atoms with Crippen molar-refractivity contribution in [1.82, 2.24) is 5.32 Å². The lowest BCUT2D eigenvalue weighted by Gasteiger charge is -2.31. The molecule has 0 heterocycles. The summed E-state index contributed by atoms with van der Waals surface area (Å²) in [7, 11) is 1.67. The summed E-state index contributed by atoms with van der Waals surface area (Å²) in [6.45, 7) is 7.10. The molecule has 0 saturated carbocycles. The van der Waals surface area contributed by atoms with Crippen LogP contribution in [0.15, 0.2) is 0 Å². The van der Waals surface area contributed by atoms with Crippen LogP contribution in [0.4, 0.5) is 0 Å². The Morgan fingerprint density at radius 2 is 1.56 bits per heavy atom. The van der Waals surface area contributed by atoms with Gasteiger partial charge in [0.1, 0.15) is 0 Å². The number of quaternary nitrogens is 1. The van der Waals surface area contributed by atoms with Crippen molar-refractivity contribution < 1.29 is 24.3 Å². The van der Waals surface area contributed by atoms with Crippen LogP contribution < -0.4 is 5.32 Å². The summed E-state index contributed by atoms with van der Waals surface area (Å²) in [6, 6.07) is 0. The maximum atomic E-state index is 10.8. The summed E-state index contributed by atoms with van der Waals surface area (Å²) in [5.74, 6) is -1.94. The highest BCUT2D eigenvalue weighted by Crippen LogP contribution is 2.05. The average Bonchev–Trinajstić information content (AvgIpc) is 2.08. The minimum atomic E-state index is -0.970. The lowest BCUT2D eigenvalue weighted by atomic mass is 10.1. The van der Waals surface area contributed by atoms with E-state index >= 15 is 0 Å². The molecular formula is C12H25N2O4+. The number of nitrogens with one attached hydrogen (secondary N) is 1. The Morgan fingerprint density at radius 3 is 1.89 bits per heavy atom. The Balaban J connectivity index is 4.25. The monoisotopic (exact) mass is 261 g/mol.